The van der Waals surface area contributed by atoms with Gasteiger partial charge >= 0.3 is 0 Å². The van der Waals surface area contributed by atoms with Crippen molar-refractivity contribution in [3.05, 3.63) is 71.2 Å². The predicted molar refractivity (Wildman–Crippen MR) is 98.5 cm³/mol. The average molecular weight is 345 g/mol. The summed E-state index contributed by atoms with van der Waals surface area (Å²) in [4.78, 5) is 16.9. The predicted octanol–water partition coefficient (Wildman–Crippen LogP) is 2.22. The van der Waals surface area contributed by atoms with E-state index < -0.39 is 0 Å². The first-order valence-electron chi connectivity index (χ1n) is 8.68. The number of aromatic nitrogens is 2. The number of carbonyl (C=O) groups is 1. The monoisotopic (exact) mass is 345 g/mol. The number of rotatable bonds is 2. The number of amides is 1. The quantitative estimate of drug-likeness (QED) is 0.700. The summed E-state index contributed by atoms with van der Waals surface area (Å²) in [5.74, 6) is 5.94. The van der Waals surface area contributed by atoms with Gasteiger partial charge in [0.15, 0.2) is 0 Å². The van der Waals surface area contributed by atoms with Crippen LogP contribution in [0.25, 0.3) is 5.65 Å². The minimum absolute atomic E-state index is 0.0319. The fraction of sp³-hybridized carbons (Fsp3) is 0.238. The molecule has 0 bridgehead atoms. The van der Waals surface area contributed by atoms with Crippen LogP contribution in [0.3, 0.4) is 0 Å². The molecule has 130 valence electrons. The summed E-state index contributed by atoms with van der Waals surface area (Å²) >= 11 is 0. The molecule has 0 saturated heterocycles. The molecule has 0 unspecified atom stereocenters. The smallest absolute Gasteiger partial charge is 0.221 e. The number of nitrogens with zero attached hydrogens (tertiary/aromatic N) is 2. The number of fused-ring (bicyclic) bond motifs is 3. The van der Waals surface area contributed by atoms with Crippen LogP contribution in [0.5, 0.6) is 0 Å². The molecule has 4 rings (SSSR count). The molecule has 3 aromatic rings. The van der Waals surface area contributed by atoms with Crippen molar-refractivity contribution in [1.82, 2.24) is 14.7 Å². The first kappa shape index (κ1) is 16.4. The normalized spacial score (nSPS) is 16.3. The van der Waals surface area contributed by atoms with Crippen LogP contribution in [-0.4, -0.2) is 27.0 Å². The number of aliphatic hydroxyl groups excluding tert-OH is 1. The zero-order valence-electron chi connectivity index (χ0n) is 14.3. The van der Waals surface area contributed by atoms with Gasteiger partial charge in [-0.3, -0.25) is 4.79 Å². The summed E-state index contributed by atoms with van der Waals surface area (Å²) < 4.78 is 2.08. The van der Waals surface area contributed by atoms with Crippen LogP contribution in [0.15, 0.2) is 48.7 Å². The van der Waals surface area contributed by atoms with E-state index in [4.69, 9.17) is 10.1 Å². The van der Waals surface area contributed by atoms with Gasteiger partial charge in [-0.2, -0.15) is 0 Å². The van der Waals surface area contributed by atoms with Crippen LogP contribution >= 0.6 is 0 Å². The molecule has 0 fully saturated rings. The fourth-order valence-electron chi connectivity index (χ4n) is 3.39. The molecular weight excluding hydrogens is 326 g/mol. The minimum atomic E-state index is -0.0515. The highest BCUT2D eigenvalue weighted by Gasteiger charge is 2.28. The Bertz CT molecular complexity index is 1010. The van der Waals surface area contributed by atoms with E-state index in [1.807, 2.05) is 48.7 Å². The maximum atomic E-state index is 12.2. The lowest BCUT2D eigenvalue weighted by atomic mass is 9.91. The Hall–Kier alpha value is -3.10. The number of hydrogen-bond acceptors (Lipinski definition) is 3. The molecule has 1 aliphatic rings. The van der Waals surface area contributed by atoms with Gasteiger partial charge in [-0.05, 0) is 29.8 Å². The van der Waals surface area contributed by atoms with E-state index in [9.17, 15) is 4.79 Å². The zero-order chi connectivity index (χ0) is 17.9. The second kappa shape index (κ2) is 7.03. The van der Waals surface area contributed by atoms with Crippen LogP contribution in [-0.2, 0) is 11.3 Å². The Morgan fingerprint density at radius 1 is 1.23 bits per heavy atom. The molecule has 26 heavy (non-hydrogen) atoms. The number of aliphatic hydroxyl groups is 1. The molecule has 5 heteroatoms. The Kier molecular flexibility index (Phi) is 4.42. The van der Waals surface area contributed by atoms with Gasteiger partial charge in [0.1, 0.15) is 5.65 Å². The Balaban J connectivity index is 1.76. The van der Waals surface area contributed by atoms with E-state index in [-0.39, 0.29) is 18.4 Å². The van der Waals surface area contributed by atoms with Crippen molar-refractivity contribution in [1.29, 1.82) is 0 Å². The third-order valence-corrected chi connectivity index (χ3v) is 4.60. The second-order valence-electron chi connectivity index (χ2n) is 6.30. The number of benzene rings is 1. The van der Waals surface area contributed by atoms with Crippen LogP contribution in [0, 0.1) is 11.8 Å². The standard InChI is InChI=1S/C21H19N3O2/c25-12-4-2-5-15-7-9-16(10-8-15)17-13-20(26)22-14-18-21(17)24-11-3-1-6-19(24)23-18/h1,3,6-11,17,25H,4,12-14H2,(H,22,26)/t17-/m0/s1. The van der Waals surface area contributed by atoms with Gasteiger partial charge in [-0.1, -0.05) is 30.0 Å². The van der Waals surface area contributed by atoms with E-state index >= 15 is 0 Å². The van der Waals surface area contributed by atoms with Gasteiger partial charge in [0.05, 0.1) is 24.5 Å². The summed E-state index contributed by atoms with van der Waals surface area (Å²) in [5, 5.41) is 11.8. The van der Waals surface area contributed by atoms with Gasteiger partial charge in [-0.15, -0.1) is 0 Å². The van der Waals surface area contributed by atoms with E-state index in [1.165, 1.54) is 0 Å². The molecule has 0 saturated carbocycles. The topological polar surface area (TPSA) is 66.6 Å². The highest BCUT2D eigenvalue weighted by Crippen LogP contribution is 2.33. The van der Waals surface area contributed by atoms with Gasteiger partial charge in [0, 0.05) is 30.5 Å². The third kappa shape index (κ3) is 3.07. The van der Waals surface area contributed by atoms with Crippen LogP contribution < -0.4 is 5.32 Å². The molecular formula is C21H19N3O2. The van der Waals surface area contributed by atoms with Gasteiger partial charge in [0.25, 0.3) is 0 Å². The molecule has 3 heterocycles. The van der Waals surface area contributed by atoms with Crippen molar-refractivity contribution >= 4 is 11.6 Å². The first-order chi connectivity index (χ1) is 12.8. The number of imidazole rings is 1. The lowest BCUT2D eigenvalue weighted by Crippen LogP contribution is -2.21. The molecule has 0 radical (unpaired) electrons. The first-order valence-corrected chi connectivity index (χ1v) is 8.68. The number of nitrogens with one attached hydrogen (secondary N) is 1. The van der Waals surface area contributed by atoms with Crippen molar-refractivity contribution in [2.24, 2.45) is 0 Å². The molecule has 2 N–H and O–H groups in total. The number of carbonyl (C=O) groups excluding carboxylic acids is 1. The number of hydrogen-bond donors (Lipinski definition) is 2. The summed E-state index contributed by atoms with van der Waals surface area (Å²) in [7, 11) is 0. The van der Waals surface area contributed by atoms with Gasteiger partial charge < -0.3 is 14.8 Å². The SMILES string of the molecule is O=C1C[C@@H](c2ccc(C#CCCO)cc2)c2c(nc3ccccn23)CN1. The van der Waals surface area contributed by atoms with Crippen LogP contribution in [0.1, 0.15) is 41.3 Å². The summed E-state index contributed by atoms with van der Waals surface area (Å²) in [5.41, 5.74) is 4.85. The summed E-state index contributed by atoms with van der Waals surface area (Å²) in [6.07, 6.45) is 2.86. The Morgan fingerprint density at radius 2 is 2.08 bits per heavy atom. The average Bonchev–Trinajstić information content (AvgIpc) is 2.95. The zero-order valence-corrected chi connectivity index (χ0v) is 14.3. The second-order valence-corrected chi connectivity index (χ2v) is 6.30. The van der Waals surface area contributed by atoms with Crippen LogP contribution in [0.4, 0.5) is 0 Å². The molecule has 2 aromatic heterocycles. The summed E-state index contributed by atoms with van der Waals surface area (Å²) in [6, 6.07) is 13.9. The molecule has 1 atom stereocenters. The lowest BCUT2D eigenvalue weighted by molar-refractivity contribution is -0.121. The fourth-order valence-corrected chi connectivity index (χ4v) is 3.39. The van der Waals surface area contributed by atoms with Crippen molar-refractivity contribution in [3.63, 3.8) is 0 Å². The molecule has 1 amide bonds. The van der Waals surface area contributed by atoms with E-state index in [2.05, 4.69) is 21.6 Å². The van der Waals surface area contributed by atoms with Crippen molar-refractivity contribution in [3.8, 4) is 11.8 Å². The molecule has 1 aromatic carbocycles. The molecule has 0 aliphatic carbocycles. The van der Waals surface area contributed by atoms with Crippen molar-refractivity contribution in [2.45, 2.75) is 25.3 Å². The third-order valence-electron chi connectivity index (χ3n) is 4.60. The number of pyridine rings is 1. The van der Waals surface area contributed by atoms with Gasteiger partial charge in [0.2, 0.25) is 5.91 Å². The van der Waals surface area contributed by atoms with Crippen molar-refractivity contribution < 1.29 is 9.90 Å². The van der Waals surface area contributed by atoms with Crippen molar-refractivity contribution in [2.75, 3.05) is 6.61 Å². The molecule has 1 aliphatic heterocycles. The maximum absolute atomic E-state index is 12.2. The van der Waals surface area contributed by atoms with E-state index in [1.54, 1.807) is 0 Å². The highest BCUT2D eigenvalue weighted by molar-refractivity contribution is 5.78. The molecule has 0 spiro atoms. The van der Waals surface area contributed by atoms with E-state index in [0.29, 0.717) is 19.4 Å². The van der Waals surface area contributed by atoms with Gasteiger partial charge in [-0.25, -0.2) is 4.98 Å². The Labute approximate surface area is 151 Å². The minimum Gasteiger partial charge on any atom is -0.395 e. The molecule has 5 nitrogen and oxygen atoms in total. The lowest BCUT2D eigenvalue weighted by Gasteiger charge is -2.16. The largest absolute Gasteiger partial charge is 0.395 e. The highest BCUT2D eigenvalue weighted by atomic mass is 16.2. The van der Waals surface area contributed by atoms with Crippen LogP contribution in [0.2, 0.25) is 0 Å². The van der Waals surface area contributed by atoms with E-state index in [0.717, 1.165) is 28.2 Å². The Morgan fingerprint density at radius 3 is 2.88 bits per heavy atom. The maximum Gasteiger partial charge on any atom is 0.221 e. The summed E-state index contributed by atoms with van der Waals surface area (Å²) in [6.45, 7) is 0.524.